The van der Waals surface area contributed by atoms with Crippen molar-refractivity contribution in [3.8, 4) is 17.6 Å². The average Bonchev–Trinajstić information content (AvgIpc) is 3.49. The number of carbonyl (C=O) groups is 1. The molecule has 2 heterocycles. The summed E-state index contributed by atoms with van der Waals surface area (Å²) in [5.41, 5.74) is 2.77. The summed E-state index contributed by atoms with van der Waals surface area (Å²) in [4.78, 5) is 18.1. The van der Waals surface area contributed by atoms with E-state index in [2.05, 4.69) is 47.2 Å². The standard InChI is InChI=1S/C36H36ClN3O5/c1-26-32(29-8-3-2-4-9-29)10-7-12-36(26,45-15-6-5-13-40-14-11-31(42)22-40)25-44-35-18-34(30(23-41)17-33(35)37)43-24-28-16-27(19-38)20-39-21-28/h2-10,12,16-18,20-21,23,26,31,42H,11,13-15,22,24-25H2,1H3/b6-5+. The van der Waals surface area contributed by atoms with Crippen molar-refractivity contribution in [3.05, 3.63) is 119 Å². The first kappa shape index (κ1) is 32.1. The van der Waals surface area contributed by atoms with Crippen LogP contribution in [0.5, 0.6) is 11.5 Å². The third kappa shape index (κ3) is 8.07. The van der Waals surface area contributed by atoms with Crippen LogP contribution in [0, 0.1) is 17.2 Å². The van der Waals surface area contributed by atoms with Gasteiger partial charge in [-0.1, -0.05) is 73.2 Å². The molecule has 8 nitrogen and oxygen atoms in total. The molecule has 0 radical (unpaired) electrons. The zero-order chi connectivity index (χ0) is 31.6. The third-order valence-corrected chi connectivity index (χ3v) is 8.45. The fourth-order valence-electron chi connectivity index (χ4n) is 5.56. The first-order valence-electron chi connectivity index (χ1n) is 14.9. The molecule has 5 rings (SSSR count). The summed E-state index contributed by atoms with van der Waals surface area (Å²) in [5, 5.41) is 19.3. The van der Waals surface area contributed by atoms with Gasteiger partial charge < -0.3 is 19.3 Å². The Morgan fingerprint density at radius 2 is 2.00 bits per heavy atom. The molecule has 9 heteroatoms. The molecule has 0 amide bonds. The van der Waals surface area contributed by atoms with Crippen molar-refractivity contribution in [1.29, 1.82) is 5.26 Å². The van der Waals surface area contributed by atoms with E-state index in [-0.39, 0.29) is 35.8 Å². The summed E-state index contributed by atoms with van der Waals surface area (Å²) in [5.74, 6) is 0.577. The van der Waals surface area contributed by atoms with E-state index in [4.69, 9.17) is 25.8 Å². The highest BCUT2D eigenvalue weighted by Crippen LogP contribution is 2.40. The molecule has 0 bridgehead atoms. The van der Waals surface area contributed by atoms with Crippen molar-refractivity contribution in [2.45, 2.75) is 31.7 Å². The van der Waals surface area contributed by atoms with Gasteiger partial charge in [0.25, 0.3) is 0 Å². The zero-order valence-corrected chi connectivity index (χ0v) is 25.9. The minimum atomic E-state index is -0.828. The van der Waals surface area contributed by atoms with Gasteiger partial charge in [-0.05, 0) is 35.8 Å². The van der Waals surface area contributed by atoms with E-state index in [1.54, 1.807) is 18.3 Å². The lowest BCUT2D eigenvalue weighted by Crippen LogP contribution is -2.45. The number of aliphatic hydroxyl groups is 1. The minimum absolute atomic E-state index is 0.0734. The van der Waals surface area contributed by atoms with Crippen LogP contribution in [0.25, 0.3) is 5.57 Å². The molecule has 0 spiro atoms. The first-order chi connectivity index (χ1) is 21.9. The van der Waals surface area contributed by atoms with E-state index in [0.717, 1.165) is 30.6 Å². The number of hydrogen-bond acceptors (Lipinski definition) is 8. The van der Waals surface area contributed by atoms with Gasteiger partial charge in [0, 0.05) is 49.6 Å². The first-order valence-corrected chi connectivity index (χ1v) is 15.3. The summed E-state index contributed by atoms with van der Waals surface area (Å²) >= 11 is 6.59. The number of nitrogens with zero attached hydrogens (tertiary/aromatic N) is 3. The van der Waals surface area contributed by atoms with Gasteiger partial charge in [0.2, 0.25) is 0 Å². The van der Waals surface area contributed by atoms with Crippen LogP contribution in [-0.4, -0.2) is 65.8 Å². The lowest BCUT2D eigenvalue weighted by atomic mass is 9.77. The van der Waals surface area contributed by atoms with Crippen LogP contribution in [0.15, 0.2) is 91.3 Å². The van der Waals surface area contributed by atoms with Crippen LogP contribution >= 0.6 is 11.6 Å². The predicted octanol–water partition coefficient (Wildman–Crippen LogP) is 6.04. The fraction of sp³-hybridized carbons (Fsp3) is 0.306. The fourth-order valence-corrected chi connectivity index (χ4v) is 5.79. The zero-order valence-electron chi connectivity index (χ0n) is 25.1. The van der Waals surface area contributed by atoms with Crippen LogP contribution in [0.4, 0.5) is 0 Å². The van der Waals surface area contributed by atoms with E-state index in [1.807, 2.05) is 36.4 Å². The molecule has 1 aromatic heterocycles. The smallest absolute Gasteiger partial charge is 0.153 e. The number of rotatable bonds is 13. The highest BCUT2D eigenvalue weighted by Gasteiger charge is 2.40. The Kier molecular flexibility index (Phi) is 10.8. The highest BCUT2D eigenvalue weighted by molar-refractivity contribution is 6.32. The van der Waals surface area contributed by atoms with Crippen molar-refractivity contribution in [1.82, 2.24) is 9.88 Å². The normalized spacial score (nSPS) is 21.4. The lowest BCUT2D eigenvalue weighted by Gasteiger charge is -2.39. The summed E-state index contributed by atoms with van der Waals surface area (Å²) in [6.07, 6.45) is 14.5. The van der Waals surface area contributed by atoms with Gasteiger partial charge >= 0.3 is 0 Å². The number of ether oxygens (including phenoxy) is 3. The van der Waals surface area contributed by atoms with E-state index < -0.39 is 5.60 Å². The maximum atomic E-state index is 11.9. The molecule has 2 aromatic carbocycles. The Balaban J connectivity index is 1.34. The number of aromatic nitrogens is 1. The van der Waals surface area contributed by atoms with Gasteiger partial charge in [0.15, 0.2) is 6.29 Å². The number of hydrogen-bond donors (Lipinski definition) is 1. The van der Waals surface area contributed by atoms with Gasteiger partial charge in [0.1, 0.15) is 36.4 Å². The predicted molar refractivity (Wildman–Crippen MR) is 173 cm³/mol. The van der Waals surface area contributed by atoms with Crippen molar-refractivity contribution >= 4 is 23.5 Å². The highest BCUT2D eigenvalue weighted by atomic mass is 35.5. The Bertz CT molecular complexity index is 1620. The second kappa shape index (κ2) is 15.2. The molecule has 1 N–H and O–H groups in total. The number of nitriles is 1. The monoisotopic (exact) mass is 625 g/mol. The molecule has 232 valence electrons. The molecule has 1 aliphatic heterocycles. The summed E-state index contributed by atoms with van der Waals surface area (Å²) in [6, 6.07) is 17.1. The van der Waals surface area contributed by atoms with Gasteiger partial charge in [-0.2, -0.15) is 5.26 Å². The molecular weight excluding hydrogens is 590 g/mol. The molecule has 1 saturated heterocycles. The number of allylic oxidation sites excluding steroid dienone is 2. The average molecular weight is 626 g/mol. The molecule has 1 aliphatic carbocycles. The Morgan fingerprint density at radius 1 is 1.16 bits per heavy atom. The second-order valence-electron chi connectivity index (χ2n) is 11.2. The number of halogens is 1. The van der Waals surface area contributed by atoms with Crippen LogP contribution in [0.1, 0.15) is 40.4 Å². The Hall–Kier alpha value is -4.26. The number of carbonyl (C=O) groups excluding carboxylic acids is 1. The van der Waals surface area contributed by atoms with Crippen molar-refractivity contribution in [3.63, 3.8) is 0 Å². The number of aldehydes is 1. The maximum Gasteiger partial charge on any atom is 0.153 e. The lowest BCUT2D eigenvalue weighted by molar-refractivity contribution is -0.0472. The molecule has 0 saturated carbocycles. The SMILES string of the molecule is CC1C(c2ccccc2)=CC=CC1(COc1cc(OCc2cncc(C#N)c2)c(C=O)cc1Cl)OC/C=C/CN1CCC(O)C1. The number of β-amino-alcohol motifs (C(OH)–C–C–N with tert-alkyl or cyclic N) is 1. The molecular formula is C36H36ClN3O5. The van der Waals surface area contributed by atoms with Crippen molar-refractivity contribution in [2.24, 2.45) is 5.92 Å². The van der Waals surface area contributed by atoms with E-state index >= 15 is 0 Å². The summed E-state index contributed by atoms with van der Waals surface area (Å²) < 4.78 is 18.9. The van der Waals surface area contributed by atoms with E-state index in [1.165, 1.54) is 12.3 Å². The van der Waals surface area contributed by atoms with Gasteiger partial charge in [0.05, 0.1) is 28.9 Å². The molecule has 1 fully saturated rings. The largest absolute Gasteiger partial charge is 0.489 e. The molecule has 3 unspecified atom stereocenters. The quantitative estimate of drug-likeness (QED) is 0.181. The van der Waals surface area contributed by atoms with Crippen molar-refractivity contribution < 1.29 is 24.1 Å². The topological polar surface area (TPSA) is 105 Å². The molecule has 3 aromatic rings. The summed E-state index contributed by atoms with van der Waals surface area (Å²) in [6.45, 7) is 5.05. The van der Waals surface area contributed by atoms with Gasteiger partial charge in [-0.15, -0.1) is 0 Å². The Labute approximate surface area is 268 Å². The van der Waals surface area contributed by atoms with Crippen molar-refractivity contribution in [2.75, 3.05) is 32.8 Å². The van der Waals surface area contributed by atoms with E-state index in [9.17, 15) is 15.2 Å². The van der Waals surface area contributed by atoms with Crippen LogP contribution < -0.4 is 9.47 Å². The Morgan fingerprint density at radius 3 is 2.76 bits per heavy atom. The number of pyridine rings is 1. The molecule has 45 heavy (non-hydrogen) atoms. The van der Waals surface area contributed by atoms with Crippen LogP contribution in [-0.2, 0) is 11.3 Å². The van der Waals surface area contributed by atoms with Gasteiger partial charge in [-0.3, -0.25) is 14.7 Å². The third-order valence-electron chi connectivity index (χ3n) is 8.15. The van der Waals surface area contributed by atoms with Crippen LogP contribution in [0.3, 0.4) is 0 Å². The maximum absolute atomic E-state index is 11.9. The number of benzene rings is 2. The van der Waals surface area contributed by atoms with E-state index in [0.29, 0.717) is 42.1 Å². The number of aliphatic hydroxyl groups excluding tert-OH is 1. The molecule has 3 atom stereocenters. The summed E-state index contributed by atoms with van der Waals surface area (Å²) in [7, 11) is 0. The molecule has 2 aliphatic rings. The second-order valence-corrected chi connectivity index (χ2v) is 11.6. The van der Waals surface area contributed by atoms with Gasteiger partial charge in [-0.25, -0.2) is 0 Å². The minimum Gasteiger partial charge on any atom is -0.489 e. The number of likely N-dealkylation sites (tertiary alicyclic amines) is 1. The van der Waals surface area contributed by atoms with Crippen LogP contribution in [0.2, 0.25) is 5.02 Å².